The second-order valence-corrected chi connectivity index (χ2v) is 23.9. The van der Waals surface area contributed by atoms with Gasteiger partial charge in [-0.15, -0.1) is 0 Å². The van der Waals surface area contributed by atoms with Gasteiger partial charge in [-0.05, 0) is 238 Å². The van der Waals surface area contributed by atoms with Crippen molar-refractivity contribution in [2.24, 2.45) is 33.0 Å². The Morgan fingerprint density at radius 3 is 1.33 bits per heavy atom. The average molecular weight is 957 g/mol. The molecule has 0 aliphatic heterocycles. The zero-order valence-electron chi connectivity index (χ0n) is 45.0. The lowest BCUT2D eigenvalue weighted by Gasteiger charge is -2.43. The van der Waals surface area contributed by atoms with Crippen molar-refractivity contribution in [3.05, 3.63) is 194 Å². The Hall–Kier alpha value is -6.45. The molecule has 6 aromatic carbocycles. The highest BCUT2D eigenvalue weighted by molar-refractivity contribution is 5.84. The number of hydrogen-bond donors (Lipinski definition) is 0. The van der Waals surface area contributed by atoms with Gasteiger partial charge in [0.15, 0.2) is 0 Å². The van der Waals surface area contributed by atoms with Crippen LogP contribution in [0.25, 0.3) is 66.5 Å². The number of pyridine rings is 3. The van der Waals surface area contributed by atoms with Crippen LogP contribution >= 0.6 is 0 Å². The van der Waals surface area contributed by atoms with Crippen molar-refractivity contribution in [2.45, 2.75) is 129 Å². The molecular formula is C70H74N3+3. The molecule has 3 aromatic heterocycles. The zero-order chi connectivity index (χ0) is 50.0. The van der Waals surface area contributed by atoms with Crippen molar-refractivity contribution >= 4 is 32.7 Å². The molecule has 0 N–H and O–H groups in total. The molecule has 0 amide bonds. The monoisotopic (exact) mass is 957 g/mol. The van der Waals surface area contributed by atoms with Gasteiger partial charge in [0.2, 0.25) is 33.6 Å². The SMILES string of the molecule is Cc1cc2c(cc1-c1ccc3c(C)cccc3[n+]1C)C1CC(C2)C1.Cc1cc2c(cc1-c1ccc3c(C)cccc3[n+]1C)CC1CC2C1.Cc1ccc2c(c1-c1ccc3c(C)cccc3[n+]1C)C1CCC2CC1. The Labute approximate surface area is 434 Å². The predicted molar refractivity (Wildman–Crippen MR) is 302 cm³/mol. The first-order valence-electron chi connectivity index (χ1n) is 27.9. The van der Waals surface area contributed by atoms with Crippen LogP contribution in [0.2, 0.25) is 0 Å². The van der Waals surface area contributed by atoms with Crippen molar-refractivity contribution < 1.29 is 13.7 Å². The van der Waals surface area contributed by atoms with E-state index in [0.29, 0.717) is 0 Å². The minimum absolute atomic E-state index is 0.767. The second kappa shape index (κ2) is 17.9. The second-order valence-electron chi connectivity index (χ2n) is 23.9. The van der Waals surface area contributed by atoms with Gasteiger partial charge in [-0.1, -0.05) is 60.7 Å². The smallest absolute Gasteiger partial charge is 0.194 e. The summed E-state index contributed by atoms with van der Waals surface area (Å²) in [5, 5.41) is 4.06. The number of rotatable bonds is 3. The van der Waals surface area contributed by atoms with Gasteiger partial charge in [-0.25, -0.2) is 0 Å². The van der Waals surface area contributed by atoms with Gasteiger partial charge in [0.05, 0.1) is 5.56 Å². The zero-order valence-corrected chi connectivity index (χ0v) is 45.0. The van der Waals surface area contributed by atoms with Crippen LogP contribution in [0, 0.1) is 53.4 Å². The molecule has 0 unspecified atom stereocenters. The lowest BCUT2D eigenvalue weighted by atomic mass is 9.62. The molecule has 3 fully saturated rings. The van der Waals surface area contributed by atoms with E-state index in [1.807, 2.05) is 0 Å². The molecule has 3 heteroatoms. The molecule has 0 spiro atoms. The summed E-state index contributed by atoms with van der Waals surface area (Å²) in [5.41, 5.74) is 30.4. The third-order valence-corrected chi connectivity index (χ3v) is 19.5. The standard InChI is InChI=1S/C24H26N.2C23H24N/c1-15-5-4-6-21-19(15)13-14-22(25(21)3)23-16(2)7-12-20-17-8-10-18(11-9-17)24(20)23;1-14-5-4-6-22-19(14)7-8-23(24(22)3)20-13-18-12-16-10-17(11-16)21(18)9-15(20)2;1-14-5-4-6-22-19(14)7-8-23(24(22)3)20-13-21-17(9-15(20)2)10-16-11-18(21)12-16/h4-7,12-14,17-18H,8-11H2,1-3H3;4-9,13,16-17H,10-12H2,1-3H3;4-9,13,16,18H,10-12H2,1-3H3/q3*+1. The first-order chi connectivity index (χ1) is 35.4. The van der Waals surface area contributed by atoms with Gasteiger partial charge in [0.25, 0.3) is 0 Å². The lowest BCUT2D eigenvalue weighted by molar-refractivity contribution is -0.633. The fraction of sp³-hybridized carbons (Fsp3) is 0.357. The molecule has 0 atom stereocenters. The molecule has 18 rings (SSSR count). The highest BCUT2D eigenvalue weighted by Gasteiger charge is 2.40. The van der Waals surface area contributed by atoms with E-state index >= 15 is 0 Å². The summed E-state index contributed by atoms with van der Waals surface area (Å²) in [6.45, 7) is 13.4. The number of benzene rings is 6. The van der Waals surface area contributed by atoms with Gasteiger partial charge in [0, 0.05) is 63.7 Å². The van der Waals surface area contributed by atoms with E-state index < -0.39 is 0 Å². The van der Waals surface area contributed by atoms with Crippen molar-refractivity contribution in [1.29, 1.82) is 0 Å². The minimum Gasteiger partial charge on any atom is -0.194 e. The minimum atomic E-state index is 0.767. The molecule has 3 heterocycles. The first kappa shape index (κ1) is 46.3. The normalized spacial score (nSPS) is 21.5. The number of nitrogens with zero attached hydrogens (tertiary/aromatic N) is 3. The van der Waals surface area contributed by atoms with Crippen LogP contribution in [0.5, 0.6) is 0 Å². The largest absolute Gasteiger partial charge is 0.213 e. The number of fused-ring (bicyclic) bond motifs is 5. The molecule has 73 heavy (non-hydrogen) atoms. The van der Waals surface area contributed by atoms with E-state index in [-0.39, 0.29) is 0 Å². The summed E-state index contributed by atoms with van der Waals surface area (Å²) in [5.74, 6) is 5.15. The van der Waals surface area contributed by atoms with E-state index in [4.69, 9.17) is 0 Å². The van der Waals surface area contributed by atoms with Crippen molar-refractivity contribution in [3.63, 3.8) is 0 Å². The highest BCUT2D eigenvalue weighted by atomic mass is 14.9. The Bertz CT molecular complexity index is 3720. The van der Waals surface area contributed by atoms with Crippen molar-refractivity contribution in [3.8, 4) is 33.8 Å². The molecule has 3 saturated carbocycles. The third-order valence-electron chi connectivity index (χ3n) is 19.5. The molecule has 3 nitrogen and oxygen atoms in total. The molecule has 0 saturated heterocycles. The van der Waals surface area contributed by atoms with E-state index in [9.17, 15) is 0 Å². The maximum atomic E-state index is 2.50. The van der Waals surface area contributed by atoms with Gasteiger partial charge < -0.3 is 0 Å². The van der Waals surface area contributed by atoms with E-state index in [1.165, 1.54) is 164 Å². The van der Waals surface area contributed by atoms with Gasteiger partial charge >= 0.3 is 0 Å². The van der Waals surface area contributed by atoms with Crippen LogP contribution in [0.15, 0.2) is 127 Å². The van der Waals surface area contributed by atoms with E-state index in [1.54, 1.807) is 33.4 Å². The van der Waals surface area contributed by atoms with Crippen LogP contribution in [-0.2, 0) is 34.0 Å². The summed E-state index contributed by atoms with van der Waals surface area (Å²) >= 11 is 0. The van der Waals surface area contributed by atoms with E-state index in [0.717, 1.165) is 35.5 Å². The topological polar surface area (TPSA) is 11.6 Å². The van der Waals surface area contributed by atoms with Crippen LogP contribution in [0.1, 0.15) is 142 Å². The Balaban J connectivity index is 0.000000106. The molecule has 6 bridgehead atoms. The van der Waals surface area contributed by atoms with Gasteiger partial charge in [0.1, 0.15) is 21.1 Å². The Morgan fingerprint density at radius 1 is 0.356 bits per heavy atom. The van der Waals surface area contributed by atoms with Crippen LogP contribution < -0.4 is 13.7 Å². The van der Waals surface area contributed by atoms with E-state index in [2.05, 4.69) is 204 Å². The molecule has 9 aliphatic rings. The van der Waals surface area contributed by atoms with Crippen molar-refractivity contribution in [2.75, 3.05) is 0 Å². The van der Waals surface area contributed by atoms with Crippen molar-refractivity contribution in [1.82, 2.24) is 0 Å². The summed E-state index contributed by atoms with van der Waals surface area (Å²) < 4.78 is 7.14. The molecular weight excluding hydrogens is 883 g/mol. The number of aromatic nitrogens is 3. The summed E-state index contributed by atoms with van der Waals surface area (Å²) in [7, 11) is 6.64. The summed E-state index contributed by atoms with van der Waals surface area (Å²) in [6.07, 6.45) is 13.8. The van der Waals surface area contributed by atoms with Gasteiger partial charge in [-0.3, -0.25) is 0 Å². The molecule has 0 radical (unpaired) electrons. The van der Waals surface area contributed by atoms with Crippen LogP contribution in [0.4, 0.5) is 0 Å². The average Bonchev–Trinajstić information content (AvgIpc) is 3.37. The highest BCUT2D eigenvalue weighted by Crippen LogP contribution is 2.54. The Kier molecular flexibility index (Phi) is 11.4. The fourth-order valence-corrected chi connectivity index (χ4v) is 15.3. The fourth-order valence-electron chi connectivity index (χ4n) is 15.3. The Morgan fingerprint density at radius 2 is 0.795 bits per heavy atom. The summed E-state index contributed by atoms with van der Waals surface area (Å²) in [4.78, 5) is 0. The summed E-state index contributed by atoms with van der Waals surface area (Å²) in [6, 6.07) is 48.4. The van der Waals surface area contributed by atoms with Crippen LogP contribution in [-0.4, -0.2) is 0 Å². The number of aryl methyl sites for hydroxylation is 9. The molecule has 9 aromatic rings. The maximum absolute atomic E-state index is 2.50. The molecule has 366 valence electrons. The number of hydrogen-bond acceptors (Lipinski definition) is 0. The predicted octanol–water partition coefficient (Wildman–Crippen LogP) is 15.7. The first-order valence-corrected chi connectivity index (χ1v) is 27.9. The maximum Gasteiger partial charge on any atom is 0.213 e. The lowest BCUT2D eigenvalue weighted by Crippen LogP contribution is -2.33. The van der Waals surface area contributed by atoms with Gasteiger partial charge in [-0.2, -0.15) is 13.7 Å². The third kappa shape index (κ3) is 7.69. The van der Waals surface area contributed by atoms with Crippen LogP contribution in [0.3, 0.4) is 0 Å². The quantitative estimate of drug-likeness (QED) is 0.156. The molecule has 9 aliphatic carbocycles.